The van der Waals surface area contributed by atoms with Crippen LogP contribution in [0.5, 0.6) is 0 Å². The van der Waals surface area contributed by atoms with Crippen LogP contribution in [0.3, 0.4) is 0 Å². The molecule has 1 aliphatic rings. The Kier molecular flexibility index (Phi) is 2.94. The highest BCUT2D eigenvalue weighted by Gasteiger charge is 2.28. The fourth-order valence-electron chi connectivity index (χ4n) is 3.16. The molecule has 120 valence electrons. The SMILES string of the molecule is O=C1c2ccccc2CN1c1cccc(-c2nc3ncccc3o2)c1. The predicted octanol–water partition coefficient (Wildman–Crippen LogP) is 4.05. The number of pyridine rings is 1. The third-order valence-corrected chi connectivity index (χ3v) is 4.39. The number of nitrogens with zero attached hydrogens (tertiary/aromatic N) is 3. The van der Waals surface area contributed by atoms with Gasteiger partial charge in [-0.25, -0.2) is 4.98 Å². The summed E-state index contributed by atoms with van der Waals surface area (Å²) in [6.45, 7) is 0.577. The molecular weight excluding hydrogens is 314 g/mol. The molecule has 1 amide bonds. The molecule has 0 atom stereocenters. The fraction of sp³-hybridized carbons (Fsp3) is 0.0500. The molecule has 0 saturated heterocycles. The summed E-state index contributed by atoms with van der Waals surface area (Å²) < 4.78 is 5.78. The van der Waals surface area contributed by atoms with E-state index in [2.05, 4.69) is 9.97 Å². The minimum atomic E-state index is 0.0204. The van der Waals surface area contributed by atoms with Crippen LogP contribution >= 0.6 is 0 Å². The largest absolute Gasteiger partial charge is 0.434 e. The Bertz CT molecular complexity index is 1080. The Labute approximate surface area is 143 Å². The summed E-state index contributed by atoms with van der Waals surface area (Å²) in [5.74, 6) is 0.520. The molecule has 3 heterocycles. The third-order valence-electron chi connectivity index (χ3n) is 4.39. The summed E-state index contributed by atoms with van der Waals surface area (Å²) in [5.41, 5.74) is 4.68. The Morgan fingerprint density at radius 3 is 2.80 bits per heavy atom. The van der Waals surface area contributed by atoms with Gasteiger partial charge in [0.25, 0.3) is 5.91 Å². The molecular formula is C20H13N3O2. The van der Waals surface area contributed by atoms with E-state index in [1.54, 1.807) is 11.1 Å². The van der Waals surface area contributed by atoms with E-state index in [-0.39, 0.29) is 5.91 Å². The molecule has 2 aromatic carbocycles. The van der Waals surface area contributed by atoms with Gasteiger partial charge in [0.05, 0.1) is 6.54 Å². The lowest BCUT2D eigenvalue weighted by atomic mass is 10.1. The topological polar surface area (TPSA) is 59.2 Å². The third kappa shape index (κ3) is 2.21. The summed E-state index contributed by atoms with van der Waals surface area (Å²) >= 11 is 0. The van der Waals surface area contributed by atoms with Gasteiger partial charge in [0.1, 0.15) is 0 Å². The first kappa shape index (κ1) is 13.9. The highest BCUT2D eigenvalue weighted by molar-refractivity contribution is 6.10. The quantitative estimate of drug-likeness (QED) is 0.557. The molecule has 5 nitrogen and oxygen atoms in total. The predicted molar refractivity (Wildman–Crippen MR) is 94.2 cm³/mol. The highest BCUT2D eigenvalue weighted by atomic mass is 16.3. The Morgan fingerprint density at radius 1 is 1.00 bits per heavy atom. The van der Waals surface area contributed by atoms with Crippen LogP contribution in [-0.2, 0) is 6.54 Å². The van der Waals surface area contributed by atoms with Crippen molar-refractivity contribution in [1.29, 1.82) is 0 Å². The van der Waals surface area contributed by atoms with Crippen molar-refractivity contribution in [1.82, 2.24) is 9.97 Å². The summed E-state index contributed by atoms with van der Waals surface area (Å²) in [7, 11) is 0. The lowest BCUT2D eigenvalue weighted by molar-refractivity contribution is 0.0996. The zero-order chi connectivity index (χ0) is 16.8. The smallest absolute Gasteiger partial charge is 0.258 e. The Hall–Kier alpha value is -3.47. The van der Waals surface area contributed by atoms with E-state index in [0.29, 0.717) is 23.7 Å². The number of rotatable bonds is 2. The summed E-state index contributed by atoms with van der Waals surface area (Å²) in [4.78, 5) is 23.1. The van der Waals surface area contributed by atoms with Crippen molar-refractivity contribution < 1.29 is 9.21 Å². The normalized spacial score (nSPS) is 13.4. The lowest BCUT2D eigenvalue weighted by Crippen LogP contribution is -2.22. The number of aromatic nitrogens is 2. The van der Waals surface area contributed by atoms with Crippen LogP contribution < -0.4 is 4.90 Å². The maximum absolute atomic E-state index is 12.7. The van der Waals surface area contributed by atoms with Crippen LogP contribution in [0.15, 0.2) is 71.3 Å². The van der Waals surface area contributed by atoms with Crippen molar-refractivity contribution in [2.45, 2.75) is 6.54 Å². The molecule has 5 rings (SSSR count). The molecule has 0 N–H and O–H groups in total. The minimum absolute atomic E-state index is 0.0204. The summed E-state index contributed by atoms with van der Waals surface area (Å²) in [6, 6.07) is 19.0. The van der Waals surface area contributed by atoms with Crippen molar-refractivity contribution in [3.8, 4) is 11.5 Å². The van der Waals surface area contributed by atoms with Gasteiger partial charge < -0.3 is 9.32 Å². The van der Waals surface area contributed by atoms with Crippen LogP contribution in [0.1, 0.15) is 15.9 Å². The standard InChI is InChI=1S/C20H13N3O2/c24-20-16-8-2-1-5-14(16)12-23(20)15-7-3-6-13(11-15)19-22-18-17(25-19)9-4-10-21-18/h1-11H,12H2. The molecule has 0 fully saturated rings. The number of anilines is 1. The zero-order valence-corrected chi connectivity index (χ0v) is 13.2. The van der Waals surface area contributed by atoms with Crippen LogP contribution in [0.4, 0.5) is 5.69 Å². The zero-order valence-electron chi connectivity index (χ0n) is 13.2. The van der Waals surface area contributed by atoms with Gasteiger partial charge in [-0.2, -0.15) is 4.98 Å². The fourth-order valence-corrected chi connectivity index (χ4v) is 3.16. The number of hydrogen-bond acceptors (Lipinski definition) is 4. The summed E-state index contributed by atoms with van der Waals surface area (Å²) in [5, 5.41) is 0. The maximum atomic E-state index is 12.7. The van der Waals surface area contributed by atoms with Gasteiger partial charge in [-0.3, -0.25) is 4.79 Å². The second-order valence-electron chi connectivity index (χ2n) is 5.94. The van der Waals surface area contributed by atoms with Gasteiger partial charge in [0.2, 0.25) is 5.89 Å². The Morgan fingerprint density at radius 2 is 1.92 bits per heavy atom. The number of oxazole rings is 1. The second-order valence-corrected chi connectivity index (χ2v) is 5.94. The lowest BCUT2D eigenvalue weighted by Gasteiger charge is -2.16. The maximum Gasteiger partial charge on any atom is 0.258 e. The molecule has 0 saturated carbocycles. The summed E-state index contributed by atoms with van der Waals surface area (Å²) in [6.07, 6.45) is 1.69. The van der Waals surface area contributed by atoms with Gasteiger partial charge in [-0.15, -0.1) is 0 Å². The van der Waals surface area contributed by atoms with E-state index in [9.17, 15) is 4.79 Å². The first-order chi connectivity index (χ1) is 12.3. The minimum Gasteiger partial charge on any atom is -0.434 e. The number of amides is 1. The van der Waals surface area contributed by atoms with Crippen LogP contribution in [0, 0.1) is 0 Å². The first-order valence-corrected chi connectivity index (χ1v) is 8.01. The molecule has 4 aromatic rings. The molecule has 0 unspecified atom stereocenters. The van der Waals surface area contributed by atoms with Gasteiger partial charge in [-0.1, -0.05) is 24.3 Å². The van der Waals surface area contributed by atoms with E-state index >= 15 is 0 Å². The van der Waals surface area contributed by atoms with E-state index in [4.69, 9.17) is 4.42 Å². The van der Waals surface area contributed by atoms with Crippen molar-refractivity contribution in [3.63, 3.8) is 0 Å². The highest BCUT2D eigenvalue weighted by Crippen LogP contribution is 2.31. The monoisotopic (exact) mass is 327 g/mol. The van der Waals surface area contributed by atoms with E-state index in [1.807, 2.05) is 60.7 Å². The van der Waals surface area contributed by atoms with Crippen molar-refractivity contribution in [2.24, 2.45) is 0 Å². The van der Waals surface area contributed by atoms with Gasteiger partial charge >= 0.3 is 0 Å². The van der Waals surface area contributed by atoms with Gasteiger partial charge in [-0.05, 0) is 42.0 Å². The number of fused-ring (bicyclic) bond motifs is 2. The Balaban J connectivity index is 1.55. The van der Waals surface area contributed by atoms with E-state index in [1.165, 1.54) is 0 Å². The van der Waals surface area contributed by atoms with E-state index in [0.717, 1.165) is 22.4 Å². The molecule has 0 radical (unpaired) electrons. The van der Waals surface area contributed by atoms with Gasteiger partial charge in [0, 0.05) is 23.0 Å². The molecule has 1 aliphatic heterocycles. The molecule has 0 bridgehead atoms. The number of carbonyl (C=O) groups excluding carboxylic acids is 1. The number of carbonyl (C=O) groups is 1. The molecule has 25 heavy (non-hydrogen) atoms. The molecule has 0 aliphatic carbocycles. The van der Waals surface area contributed by atoms with Crippen molar-refractivity contribution in [2.75, 3.05) is 4.90 Å². The molecule has 5 heteroatoms. The van der Waals surface area contributed by atoms with Crippen LogP contribution in [0.25, 0.3) is 22.7 Å². The van der Waals surface area contributed by atoms with Crippen LogP contribution in [-0.4, -0.2) is 15.9 Å². The van der Waals surface area contributed by atoms with Crippen molar-refractivity contribution in [3.05, 3.63) is 78.0 Å². The second kappa shape index (κ2) is 5.27. The molecule has 2 aromatic heterocycles. The van der Waals surface area contributed by atoms with E-state index < -0.39 is 0 Å². The average molecular weight is 327 g/mol. The molecule has 0 spiro atoms. The first-order valence-electron chi connectivity index (χ1n) is 8.01. The van der Waals surface area contributed by atoms with Crippen molar-refractivity contribution >= 4 is 22.8 Å². The average Bonchev–Trinajstić information content (AvgIpc) is 3.24. The van der Waals surface area contributed by atoms with Gasteiger partial charge in [0.15, 0.2) is 11.2 Å². The number of hydrogen-bond donors (Lipinski definition) is 0. The number of benzene rings is 2. The van der Waals surface area contributed by atoms with Crippen LogP contribution in [0.2, 0.25) is 0 Å².